The Morgan fingerprint density at radius 2 is 2.41 bits per heavy atom. The standard InChI is InChI=1S/C12H21FN4/c1-9(2)7-17-11(15-8-16-17)6-12(13)4-3-10(14)5-12/h8-10H,3-7,14H2,1-2H3. The molecule has 2 rings (SSSR count). The summed E-state index contributed by atoms with van der Waals surface area (Å²) in [6.45, 7) is 5.02. The number of halogens is 1. The minimum absolute atomic E-state index is 0.00136. The molecule has 5 heteroatoms. The van der Waals surface area contributed by atoms with Gasteiger partial charge in [0.05, 0.1) is 0 Å². The molecule has 2 N–H and O–H groups in total. The topological polar surface area (TPSA) is 56.7 Å². The van der Waals surface area contributed by atoms with E-state index < -0.39 is 5.67 Å². The SMILES string of the molecule is CC(C)Cn1ncnc1CC1(F)CCC(N)C1. The summed E-state index contributed by atoms with van der Waals surface area (Å²) in [6.07, 6.45) is 3.61. The molecule has 1 saturated carbocycles. The molecule has 17 heavy (non-hydrogen) atoms. The zero-order valence-electron chi connectivity index (χ0n) is 10.6. The van der Waals surface area contributed by atoms with Gasteiger partial charge >= 0.3 is 0 Å². The van der Waals surface area contributed by atoms with E-state index in [0.29, 0.717) is 25.2 Å². The summed E-state index contributed by atoms with van der Waals surface area (Å²) in [4.78, 5) is 4.17. The zero-order chi connectivity index (χ0) is 12.5. The van der Waals surface area contributed by atoms with E-state index in [-0.39, 0.29) is 6.04 Å². The van der Waals surface area contributed by atoms with E-state index in [9.17, 15) is 4.39 Å². The molecule has 0 spiro atoms. The van der Waals surface area contributed by atoms with Crippen LogP contribution in [0.2, 0.25) is 0 Å². The third kappa shape index (κ3) is 3.03. The fourth-order valence-electron chi connectivity index (χ4n) is 2.49. The molecule has 0 aliphatic heterocycles. The molecule has 1 aromatic heterocycles. The maximum absolute atomic E-state index is 14.5. The normalized spacial score (nSPS) is 29.1. The van der Waals surface area contributed by atoms with E-state index in [4.69, 9.17) is 5.73 Å². The number of rotatable bonds is 4. The Labute approximate surface area is 101 Å². The number of nitrogens with zero attached hydrogens (tertiary/aromatic N) is 3. The summed E-state index contributed by atoms with van der Waals surface area (Å²) in [7, 11) is 0. The van der Waals surface area contributed by atoms with Crippen molar-refractivity contribution in [3.05, 3.63) is 12.2 Å². The fraction of sp³-hybridized carbons (Fsp3) is 0.833. The van der Waals surface area contributed by atoms with Crippen LogP contribution in [0.5, 0.6) is 0 Å². The van der Waals surface area contributed by atoms with Crippen LogP contribution in [-0.4, -0.2) is 26.5 Å². The summed E-state index contributed by atoms with van der Waals surface area (Å²) < 4.78 is 16.3. The van der Waals surface area contributed by atoms with Gasteiger partial charge in [0.15, 0.2) is 0 Å². The number of hydrogen-bond donors (Lipinski definition) is 1. The van der Waals surface area contributed by atoms with Crippen LogP contribution in [0.3, 0.4) is 0 Å². The number of hydrogen-bond acceptors (Lipinski definition) is 3. The van der Waals surface area contributed by atoms with Crippen molar-refractivity contribution < 1.29 is 4.39 Å². The van der Waals surface area contributed by atoms with Crippen molar-refractivity contribution in [3.63, 3.8) is 0 Å². The Morgan fingerprint density at radius 3 is 3.00 bits per heavy atom. The van der Waals surface area contributed by atoms with Gasteiger partial charge in [-0.05, 0) is 25.2 Å². The Hall–Kier alpha value is -0.970. The fourth-order valence-corrected chi connectivity index (χ4v) is 2.49. The van der Waals surface area contributed by atoms with Crippen molar-refractivity contribution in [2.75, 3.05) is 0 Å². The van der Waals surface area contributed by atoms with Crippen LogP contribution in [0.1, 0.15) is 38.9 Å². The lowest BCUT2D eigenvalue weighted by molar-refractivity contribution is 0.164. The summed E-state index contributed by atoms with van der Waals surface area (Å²) in [5, 5.41) is 4.16. The van der Waals surface area contributed by atoms with E-state index in [1.165, 1.54) is 6.33 Å². The van der Waals surface area contributed by atoms with E-state index in [1.807, 2.05) is 4.68 Å². The lowest BCUT2D eigenvalue weighted by Gasteiger charge is -2.19. The second-order valence-electron chi connectivity index (χ2n) is 5.58. The van der Waals surface area contributed by atoms with Crippen molar-refractivity contribution in [2.24, 2.45) is 11.7 Å². The summed E-state index contributed by atoms with van der Waals surface area (Å²) in [5.74, 6) is 1.23. The Morgan fingerprint density at radius 1 is 1.65 bits per heavy atom. The van der Waals surface area contributed by atoms with Crippen molar-refractivity contribution in [1.29, 1.82) is 0 Å². The molecule has 1 fully saturated rings. The van der Waals surface area contributed by atoms with Gasteiger partial charge in [-0.15, -0.1) is 0 Å². The first kappa shape index (κ1) is 12.5. The zero-order valence-corrected chi connectivity index (χ0v) is 10.6. The lowest BCUT2D eigenvalue weighted by Crippen LogP contribution is -2.27. The Kier molecular flexibility index (Phi) is 3.47. The van der Waals surface area contributed by atoms with E-state index in [0.717, 1.165) is 18.8 Å². The summed E-state index contributed by atoms with van der Waals surface area (Å²) in [5.41, 5.74) is 4.60. The quantitative estimate of drug-likeness (QED) is 0.871. The third-order valence-corrected chi connectivity index (χ3v) is 3.30. The molecule has 0 aromatic carbocycles. The molecular weight excluding hydrogens is 219 g/mol. The predicted octanol–water partition coefficient (Wildman–Crippen LogP) is 1.70. The van der Waals surface area contributed by atoms with Gasteiger partial charge in [0, 0.05) is 19.0 Å². The Bertz CT molecular complexity index is 376. The van der Waals surface area contributed by atoms with Gasteiger partial charge in [-0.2, -0.15) is 5.10 Å². The van der Waals surface area contributed by atoms with Gasteiger partial charge in [-0.3, -0.25) is 0 Å². The van der Waals surface area contributed by atoms with Crippen LogP contribution in [0.4, 0.5) is 4.39 Å². The van der Waals surface area contributed by atoms with Gasteiger partial charge < -0.3 is 5.73 Å². The van der Waals surface area contributed by atoms with Gasteiger partial charge in [-0.1, -0.05) is 13.8 Å². The molecule has 1 aliphatic rings. The van der Waals surface area contributed by atoms with Crippen LogP contribution in [0.15, 0.2) is 6.33 Å². The average Bonchev–Trinajstić information content (AvgIpc) is 2.75. The minimum Gasteiger partial charge on any atom is -0.328 e. The van der Waals surface area contributed by atoms with Crippen LogP contribution in [0.25, 0.3) is 0 Å². The van der Waals surface area contributed by atoms with Crippen molar-refractivity contribution in [3.8, 4) is 0 Å². The maximum atomic E-state index is 14.5. The molecule has 4 nitrogen and oxygen atoms in total. The molecule has 0 amide bonds. The predicted molar refractivity (Wildman–Crippen MR) is 64.2 cm³/mol. The number of alkyl halides is 1. The number of nitrogens with two attached hydrogens (primary N) is 1. The first-order valence-electron chi connectivity index (χ1n) is 6.30. The molecule has 96 valence electrons. The molecule has 2 unspecified atom stereocenters. The van der Waals surface area contributed by atoms with E-state index >= 15 is 0 Å². The first-order valence-corrected chi connectivity index (χ1v) is 6.30. The monoisotopic (exact) mass is 240 g/mol. The largest absolute Gasteiger partial charge is 0.328 e. The lowest BCUT2D eigenvalue weighted by atomic mass is 9.99. The highest BCUT2D eigenvalue weighted by Gasteiger charge is 2.39. The highest BCUT2D eigenvalue weighted by atomic mass is 19.1. The van der Waals surface area contributed by atoms with Crippen LogP contribution in [-0.2, 0) is 13.0 Å². The molecule has 1 aromatic rings. The van der Waals surface area contributed by atoms with Gasteiger partial charge in [0.2, 0.25) is 0 Å². The van der Waals surface area contributed by atoms with E-state index in [2.05, 4.69) is 23.9 Å². The van der Waals surface area contributed by atoms with E-state index in [1.54, 1.807) is 0 Å². The van der Waals surface area contributed by atoms with Crippen LogP contribution in [0, 0.1) is 5.92 Å². The second-order valence-corrected chi connectivity index (χ2v) is 5.58. The van der Waals surface area contributed by atoms with Gasteiger partial charge in [0.25, 0.3) is 0 Å². The molecule has 1 aliphatic carbocycles. The second kappa shape index (κ2) is 4.72. The van der Waals surface area contributed by atoms with Crippen LogP contribution < -0.4 is 5.73 Å². The van der Waals surface area contributed by atoms with Crippen LogP contribution >= 0.6 is 0 Å². The average molecular weight is 240 g/mol. The maximum Gasteiger partial charge on any atom is 0.138 e. The van der Waals surface area contributed by atoms with Gasteiger partial charge in [-0.25, -0.2) is 14.1 Å². The first-order chi connectivity index (χ1) is 7.98. The summed E-state index contributed by atoms with van der Waals surface area (Å²) >= 11 is 0. The number of aromatic nitrogens is 3. The molecule has 2 atom stereocenters. The Balaban J connectivity index is 2.06. The van der Waals surface area contributed by atoms with Gasteiger partial charge in [0.1, 0.15) is 17.8 Å². The molecule has 0 bridgehead atoms. The third-order valence-electron chi connectivity index (χ3n) is 3.30. The highest BCUT2D eigenvalue weighted by molar-refractivity contribution is 5.00. The highest BCUT2D eigenvalue weighted by Crippen LogP contribution is 2.35. The minimum atomic E-state index is -1.18. The smallest absolute Gasteiger partial charge is 0.138 e. The molecule has 0 radical (unpaired) electrons. The molecule has 0 saturated heterocycles. The molecular formula is C12H21FN4. The van der Waals surface area contributed by atoms with Crippen molar-refractivity contribution in [2.45, 2.75) is 57.8 Å². The summed E-state index contributed by atoms with van der Waals surface area (Å²) in [6, 6.07) is 0.00136. The van der Waals surface area contributed by atoms with Crippen molar-refractivity contribution >= 4 is 0 Å². The van der Waals surface area contributed by atoms with Crippen molar-refractivity contribution in [1.82, 2.24) is 14.8 Å². The molecule has 1 heterocycles.